The first kappa shape index (κ1) is 14.0. The fourth-order valence-electron chi connectivity index (χ4n) is 1.60. The van der Waals surface area contributed by atoms with Crippen LogP contribution in [-0.2, 0) is 0 Å². The van der Waals surface area contributed by atoms with Gasteiger partial charge in [-0.15, -0.1) is 11.3 Å². The Balaban J connectivity index is 2.51. The van der Waals surface area contributed by atoms with Crippen LogP contribution in [0.1, 0.15) is 32.6 Å². The molecule has 0 atom stereocenters. The summed E-state index contributed by atoms with van der Waals surface area (Å²) < 4.78 is 0. The molecule has 2 aromatic heterocycles. The molecule has 0 aromatic carbocycles. The van der Waals surface area contributed by atoms with E-state index in [2.05, 4.69) is 15.3 Å². The number of thiophene rings is 1. The third kappa shape index (κ3) is 2.64. The van der Waals surface area contributed by atoms with Gasteiger partial charge in [0, 0.05) is 4.88 Å². The van der Waals surface area contributed by atoms with Crippen molar-refractivity contribution in [3.63, 3.8) is 0 Å². The second-order valence-corrected chi connectivity index (χ2v) is 7.05. The fourth-order valence-corrected chi connectivity index (χ4v) is 2.49. The van der Waals surface area contributed by atoms with E-state index in [-0.39, 0.29) is 5.95 Å². The normalized spacial score (nSPS) is 12.9. The van der Waals surface area contributed by atoms with Crippen LogP contribution in [0.25, 0.3) is 10.2 Å². The minimum absolute atomic E-state index is 0.239. The largest absolute Gasteiger partial charge is 0.388 e. The number of nitrogens with one attached hydrogen (secondary N) is 1. The molecule has 0 aliphatic heterocycles. The number of aliphatic hydroxyl groups is 1. The monoisotopic (exact) mass is 280 g/mol. The third-order valence-corrected chi connectivity index (χ3v) is 4.44. The topological polar surface area (TPSA) is 84.1 Å². The van der Waals surface area contributed by atoms with E-state index in [0.717, 1.165) is 15.1 Å². The Bertz CT molecular complexity index is 613. The minimum atomic E-state index is -0.899. The summed E-state index contributed by atoms with van der Waals surface area (Å²) in [5.41, 5.74) is 4.30. The maximum Gasteiger partial charge on any atom is 0.223 e. The lowest BCUT2D eigenvalue weighted by Gasteiger charge is -2.38. The van der Waals surface area contributed by atoms with Crippen molar-refractivity contribution < 1.29 is 5.11 Å². The van der Waals surface area contributed by atoms with E-state index in [1.54, 1.807) is 25.2 Å². The Labute approximate surface area is 116 Å². The Morgan fingerprint density at radius 3 is 2.47 bits per heavy atom. The quantitative estimate of drug-likeness (QED) is 0.804. The van der Waals surface area contributed by atoms with Gasteiger partial charge in [-0.3, -0.25) is 0 Å². The average molecular weight is 280 g/mol. The van der Waals surface area contributed by atoms with Gasteiger partial charge < -0.3 is 16.2 Å². The third-order valence-electron chi connectivity index (χ3n) is 3.49. The molecule has 4 N–H and O–H groups in total. The van der Waals surface area contributed by atoms with Crippen molar-refractivity contribution in [2.75, 3.05) is 11.1 Å². The molecule has 104 valence electrons. The van der Waals surface area contributed by atoms with Gasteiger partial charge in [-0.2, -0.15) is 4.98 Å². The number of nitrogens with two attached hydrogens (primary N) is 1. The predicted octanol–water partition coefficient (Wildman–Crippen LogP) is 2.54. The minimum Gasteiger partial charge on any atom is -0.388 e. The molecule has 2 rings (SSSR count). The van der Waals surface area contributed by atoms with Gasteiger partial charge >= 0.3 is 0 Å². The molecule has 0 bridgehead atoms. The predicted molar refractivity (Wildman–Crippen MR) is 80.6 cm³/mol. The molecular formula is C13H20N4OS. The number of aromatic nitrogens is 2. The van der Waals surface area contributed by atoms with Crippen molar-refractivity contribution in [3.05, 3.63) is 10.9 Å². The number of hydrogen-bond donors (Lipinski definition) is 3. The van der Waals surface area contributed by atoms with Crippen molar-refractivity contribution in [2.45, 2.75) is 45.8 Å². The first-order valence-corrected chi connectivity index (χ1v) is 6.96. The van der Waals surface area contributed by atoms with Gasteiger partial charge in [-0.05, 0) is 40.7 Å². The highest BCUT2D eigenvalue weighted by Crippen LogP contribution is 2.32. The highest BCUT2D eigenvalue weighted by molar-refractivity contribution is 7.18. The van der Waals surface area contributed by atoms with Crippen LogP contribution >= 0.6 is 11.3 Å². The zero-order valence-corrected chi connectivity index (χ0v) is 12.7. The fraction of sp³-hybridized carbons (Fsp3) is 0.538. The van der Waals surface area contributed by atoms with Crippen LogP contribution in [0.4, 0.5) is 11.8 Å². The summed E-state index contributed by atoms with van der Waals surface area (Å²) >= 11 is 1.58. The van der Waals surface area contributed by atoms with E-state index in [9.17, 15) is 5.11 Å². The summed E-state index contributed by atoms with van der Waals surface area (Å²) in [5.74, 6) is 0.905. The highest BCUT2D eigenvalue weighted by Gasteiger charge is 2.35. The number of hydrogen-bond acceptors (Lipinski definition) is 6. The molecule has 0 fully saturated rings. The first-order valence-electron chi connectivity index (χ1n) is 6.14. The SMILES string of the molecule is Cc1cc2c(NC(C)(C)C(C)(C)O)nc(N)nc2s1. The molecule has 0 amide bonds. The van der Waals surface area contributed by atoms with Gasteiger partial charge in [-0.1, -0.05) is 0 Å². The average Bonchev–Trinajstić information content (AvgIpc) is 2.56. The summed E-state index contributed by atoms with van der Waals surface area (Å²) in [7, 11) is 0. The standard InChI is InChI=1S/C13H20N4OS/c1-7-6-8-9(15-11(14)16-10(8)19-7)17-12(2,3)13(4,5)18/h6,18H,1-5H3,(H3,14,15,16,17). The van der Waals surface area contributed by atoms with E-state index in [1.165, 1.54) is 0 Å². The molecule has 6 heteroatoms. The summed E-state index contributed by atoms with van der Waals surface area (Å²) in [5, 5.41) is 14.4. The number of rotatable bonds is 3. The lowest BCUT2D eigenvalue weighted by molar-refractivity contribution is 0.0239. The number of anilines is 2. The molecular weight excluding hydrogens is 260 g/mol. The van der Waals surface area contributed by atoms with E-state index in [4.69, 9.17) is 5.73 Å². The zero-order chi connectivity index (χ0) is 14.4. The molecule has 0 aliphatic rings. The summed E-state index contributed by atoms with van der Waals surface area (Å²) in [6, 6.07) is 2.03. The smallest absolute Gasteiger partial charge is 0.223 e. The maximum atomic E-state index is 10.2. The van der Waals surface area contributed by atoms with Crippen molar-refractivity contribution in [1.29, 1.82) is 0 Å². The van der Waals surface area contributed by atoms with Gasteiger partial charge in [0.25, 0.3) is 0 Å². The second kappa shape index (κ2) is 4.31. The Morgan fingerprint density at radius 2 is 1.89 bits per heavy atom. The van der Waals surface area contributed by atoms with Crippen LogP contribution in [0.5, 0.6) is 0 Å². The highest BCUT2D eigenvalue weighted by atomic mass is 32.1. The molecule has 5 nitrogen and oxygen atoms in total. The van der Waals surface area contributed by atoms with Gasteiger partial charge in [-0.25, -0.2) is 4.98 Å². The van der Waals surface area contributed by atoms with Gasteiger partial charge in [0.05, 0.1) is 16.5 Å². The number of nitrogen functional groups attached to an aromatic ring is 1. The van der Waals surface area contributed by atoms with E-state index in [1.807, 2.05) is 26.8 Å². The number of aryl methyl sites for hydroxylation is 1. The number of nitrogens with zero attached hydrogens (tertiary/aromatic N) is 2. The molecule has 0 aliphatic carbocycles. The molecule has 0 radical (unpaired) electrons. The van der Waals surface area contributed by atoms with Crippen molar-refractivity contribution in [3.8, 4) is 0 Å². The molecule has 0 unspecified atom stereocenters. The van der Waals surface area contributed by atoms with Crippen LogP contribution in [0.3, 0.4) is 0 Å². The van der Waals surface area contributed by atoms with E-state index < -0.39 is 11.1 Å². The molecule has 2 heterocycles. The van der Waals surface area contributed by atoms with Crippen LogP contribution in [0.15, 0.2) is 6.07 Å². The Morgan fingerprint density at radius 1 is 1.26 bits per heavy atom. The summed E-state index contributed by atoms with van der Waals surface area (Å²) in [4.78, 5) is 10.5. The molecule has 0 saturated heterocycles. The first-order chi connectivity index (χ1) is 8.60. The van der Waals surface area contributed by atoms with Crippen LogP contribution in [0.2, 0.25) is 0 Å². The molecule has 2 aromatic rings. The zero-order valence-electron chi connectivity index (χ0n) is 11.9. The molecule has 19 heavy (non-hydrogen) atoms. The lowest BCUT2D eigenvalue weighted by atomic mass is 9.86. The molecule has 0 saturated carbocycles. The van der Waals surface area contributed by atoms with E-state index >= 15 is 0 Å². The van der Waals surface area contributed by atoms with Crippen molar-refractivity contribution in [2.24, 2.45) is 0 Å². The Hall–Kier alpha value is -1.40. The van der Waals surface area contributed by atoms with E-state index in [0.29, 0.717) is 5.82 Å². The molecule has 0 spiro atoms. The van der Waals surface area contributed by atoms with Crippen LogP contribution in [-0.4, -0.2) is 26.2 Å². The Kier molecular flexibility index (Phi) is 3.18. The van der Waals surface area contributed by atoms with Gasteiger partial charge in [0.15, 0.2) is 0 Å². The number of fused-ring (bicyclic) bond motifs is 1. The second-order valence-electron chi connectivity index (χ2n) is 5.82. The van der Waals surface area contributed by atoms with Gasteiger partial charge in [0.2, 0.25) is 5.95 Å². The van der Waals surface area contributed by atoms with Crippen molar-refractivity contribution in [1.82, 2.24) is 9.97 Å². The lowest BCUT2D eigenvalue weighted by Crippen LogP contribution is -2.51. The van der Waals surface area contributed by atoms with Crippen LogP contribution < -0.4 is 11.1 Å². The van der Waals surface area contributed by atoms with Gasteiger partial charge in [0.1, 0.15) is 10.6 Å². The maximum absolute atomic E-state index is 10.2. The van der Waals surface area contributed by atoms with Crippen molar-refractivity contribution >= 4 is 33.3 Å². The summed E-state index contributed by atoms with van der Waals surface area (Å²) in [6.07, 6.45) is 0. The summed E-state index contributed by atoms with van der Waals surface area (Å²) in [6.45, 7) is 9.40. The van der Waals surface area contributed by atoms with Crippen LogP contribution in [0, 0.1) is 6.92 Å².